The van der Waals surface area contributed by atoms with Gasteiger partial charge in [0.2, 0.25) is 0 Å². The predicted octanol–water partition coefficient (Wildman–Crippen LogP) is 3.77. The molecule has 110 valence electrons. The van der Waals surface area contributed by atoms with E-state index < -0.39 is 0 Å². The number of nitrogens with one attached hydrogen (secondary N) is 1. The highest BCUT2D eigenvalue weighted by Gasteiger charge is 2.22. The van der Waals surface area contributed by atoms with Crippen molar-refractivity contribution in [3.63, 3.8) is 0 Å². The van der Waals surface area contributed by atoms with Crippen molar-refractivity contribution in [3.8, 4) is 0 Å². The minimum absolute atomic E-state index is 0.133. The van der Waals surface area contributed by atoms with Crippen LogP contribution in [0.25, 0.3) is 0 Å². The summed E-state index contributed by atoms with van der Waals surface area (Å²) < 4.78 is 0. The van der Waals surface area contributed by atoms with E-state index in [1.54, 1.807) is 11.3 Å². The molecule has 0 fully saturated rings. The number of hydrogen-bond donors (Lipinski definition) is 1. The Morgan fingerprint density at radius 3 is 2.86 bits per heavy atom. The predicted molar refractivity (Wildman–Crippen MR) is 88.0 cm³/mol. The molecule has 0 unspecified atom stereocenters. The van der Waals surface area contributed by atoms with Crippen LogP contribution in [0.5, 0.6) is 0 Å². The summed E-state index contributed by atoms with van der Waals surface area (Å²) in [6.45, 7) is 4.66. The Morgan fingerprint density at radius 1 is 1.29 bits per heavy atom. The second kappa shape index (κ2) is 6.31. The molecule has 0 radical (unpaired) electrons. The summed E-state index contributed by atoms with van der Waals surface area (Å²) >= 11 is 1.80. The van der Waals surface area contributed by atoms with E-state index in [0.29, 0.717) is 0 Å². The Labute approximate surface area is 129 Å². The second-order valence-corrected chi connectivity index (χ2v) is 6.35. The van der Waals surface area contributed by atoms with Crippen LogP contribution in [0.3, 0.4) is 0 Å². The highest BCUT2D eigenvalue weighted by molar-refractivity contribution is 7.10. The molecule has 4 heteroatoms. The quantitative estimate of drug-likeness (QED) is 0.932. The fourth-order valence-corrected chi connectivity index (χ4v) is 3.49. The number of rotatable bonds is 4. The molecule has 1 amide bonds. The zero-order valence-electron chi connectivity index (χ0n) is 12.3. The Hall–Kier alpha value is -1.81. The standard InChI is InChI=1S/C17H20N2OS/c1-2-9-18-15-5-3-13(4-6-15)17(20)19-10-7-16-14(12-19)8-11-21-16/h3-6,8,11,18H,2,7,9-10,12H2,1H3. The summed E-state index contributed by atoms with van der Waals surface area (Å²) in [5.74, 6) is 0.133. The van der Waals surface area contributed by atoms with Gasteiger partial charge in [0.1, 0.15) is 0 Å². The van der Waals surface area contributed by atoms with Crippen molar-refractivity contribution in [2.24, 2.45) is 0 Å². The number of fused-ring (bicyclic) bond motifs is 1. The van der Waals surface area contributed by atoms with E-state index >= 15 is 0 Å². The third-order valence-electron chi connectivity index (χ3n) is 3.81. The summed E-state index contributed by atoms with van der Waals surface area (Å²) in [5, 5.41) is 5.44. The van der Waals surface area contributed by atoms with Gasteiger partial charge < -0.3 is 10.2 Å². The molecule has 2 aromatic rings. The lowest BCUT2D eigenvalue weighted by atomic mass is 10.1. The van der Waals surface area contributed by atoms with Gasteiger partial charge in [-0.05, 0) is 54.1 Å². The van der Waals surface area contributed by atoms with Gasteiger partial charge >= 0.3 is 0 Å². The maximum Gasteiger partial charge on any atom is 0.254 e. The van der Waals surface area contributed by atoms with E-state index in [4.69, 9.17) is 0 Å². The van der Waals surface area contributed by atoms with Crippen LogP contribution in [0.1, 0.15) is 34.1 Å². The molecule has 21 heavy (non-hydrogen) atoms. The summed E-state index contributed by atoms with van der Waals surface area (Å²) in [4.78, 5) is 15.9. The van der Waals surface area contributed by atoms with E-state index in [0.717, 1.165) is 43.7 Å². The van der Waals surface area contributed by atoms with Gasteiger partial charge in [-0.2, -0.15) is 0 Å². The van der Waals surface area contributed by atoms with Gasteiger partial charge in [-0.3, -0.25) is 4.79 Å². The number of benzene rings is 1. The van der Waals surface area contributed by atoms with Gasteiger partial charge in [0.15, 0.2) is 0 Å². The molecule has 1 N–H and O–H groups in total. The Balaban J connectivity index is 1.68. The second-order valence-electron chi connectivity index (χ2n) is 5.35. The zero-order valence-corrected chi connectivity index (χ0v) is 13.1. The minimum Gasteiger partial charge on any atom is -0.385 e. The Bertz CT molecular complexity index is 618. The van der Waals surface area contributed by atoms with E-state index in [2.05, 4.69) is 23.7 Å². The first kappa shape index (κ1) is 14.1. The number of carbonyl (C=O) groups excluding carboxylic acids is 1. The van der Waals surface area contributed by atoms with E-state index in [1.807, 2.05) is 29.2 Å². The molecule has 1 aliphatic heterocycles. The molecule has 0 atom stereocenters. The molecule has 0 saturated carbocycles. The van der Waals surface area contributed by atoms with Crippen LogP contribution in [0.15, 0.2) is 35.7 Å². The maximum absolute atomic E-state index is 12.6. The summed E-state index contributed by atoms with van der Waals surface area (Å²) in [6.07, 6.45) is 2.08. The van der Waals surface area contributed by atoms with Crippen molar-refractivity contribution < 1.29 is 4.79 Å². The van der Waals surface area contributed by atoms with Crippen LogP contribution in [-0.2, 0) is 13.0 Å². The third-order valence-corrected chi connectivity index (χ3v) is 4.83. The van der Waals surface area contributed by atoms with Gasteiger partial charge in [0.05, 0.1) is 0 Å². The molecular weight excluding hydrogens is 280 g/mol. The Kier molecular flexibility index (Phi) is 4.25. The van der Waals surface area contributed by atoms with Crippen LogP contribution in [-0.4, -0.2) is 23.9 Å². The molecule has 1 aliphatic rings. The first-order valence-electron chi connectivity index (χ1n) is 7.46. The van der Waals surface area contributed by atoms with Crippen LogP contribution in [0, 0.1) is 0 Å². The van der Waals surface area contributed by atoms with Crippen LogP contribution in [0.4, 0.5) is 5.69 Å². The molecule has 3 rings (SSSR count). The number of carbonyl (C=O) groups is 1. The molecular formula is C17H20N2OS. The van der Waals surface area contributed by atoms with Gasteiger partial charge in [0.25, 0.3) is 5.91 Å². The largest absolute Gasteiger partial charge is 0.385 e. The lowest BCUT2D eigenvalue weighted by Gasteiger charge is -2.27. The van der Waals surface area contributed by atoms with Gasteiger partial charge in [-0.15, -0.1) is 11.3 Å². The van der Waals surface area contributed by atoms with E-state index in [-0.39, 0.29) is 5.91 Å². The van der Waals surface area contributed by atoms with Crippen LogP contribution < -0.4 is 5.32 Å². The van der Waals surface area contributed by atoms with Gasteiger partial charge in [-0.1, -0.05) is 6.92 Å². The average Bonchev–Trinajstić information content (AvgIpc) is 3.00. The van der Waals surface area contributed by atoms with Crippen LogP contribution >= 0.6 is 11.3 Å². The maximum atomic E-state index is 12.6. The van der Waals surface area contributed by atoms with Gasteiger partial charge in [-0.25, -0.2) is 0 Å². The first-order valence-corrected chi connectivity index (χ1v) is 8.34. The monoisotopic (exact) mass is 300 g/mol. The van der Waals surface area contributed by atoms with E-state index in [9.17, 15) is 4.79 Å². The summed E-state index contributed by atoms with van der Waals surface area (Å²) in [7, 11) is 0. The van der Waals surface area contributed by atoms with Crippen molar-refractivity contribution in [2.75, 3.05) is 18.4 Å². The fraction of sp³-hybridized carbons (Fsp3) is 0.353. The molecule has 3 nitrogen and oxygen atoms in total. The van der Waals surface area contributed by atoms with Gasteiger partial charge in [0, 0.05) is 35.8 Å². The molecule has 1 aromatic carbocycles. The number of thiophene rings is 1. The summed E-state index contributed by atoms with van der Waals surface area (Å²) in [5.41, 5.74) is 3.16. The van der Waals surface area contributed by atoms with Crippen molar-refractivity contribution >= 4 is 22.9 Å². The molecule has 2 heterocycles. The normalized spacial score (nSPS) is 13.9. The Morgan fingerprint density at radius 2 is 2.10 bits per heavy atom. The highest BCUT2D eigenvalue weighted by Crippen LogP contribution is 2.25. The van der Waals surface area contributed by atoms with E-state index in [1.165, 1.54) is 10.4 Å². The smallest absolute Gasteiger partial charge is 0.254 e. The molecule has 0 aliphatic carbocycles. The fourth-order valence-electron chi connectivity index (χ4n) is 2.60. The third kappa shape index (κ3) is 3.10. The SMILES string of the molecule is CCCNc1ccc(C(=O)N2CCc3sccc3C2)cc1. The summed E-state index contributed by atoms with van der Waals surface area (Å²) in [6, 6.07) is 9.95. The highest BCUT2D eigenvalue weighted by atomic mass is 32.1. The van der Waals surface area contributed by atoms with Crippen LogP contribution in [0.2, 0.25) is 0 Å². The first-order chi connectivity index (χ1) is 10.3. The number of amides is 1. The molecule has 0 bridgehead atoms. The van der Waals surface area contributed by atoms with Crippen molar-refractivity contribution in [3.05, 3.63) is 51.7 Å². The average molecular weight is 300 g/mol. The molecule has 1 aromatic heterocycles. The molecule has 0 spiro atoms. The lowest BCUT2D eigenvalue weighted by molar-refractivity contribution is 0.0736. The molecule has 0 saturated heterocycles. The number of nitrogens with zero attached hydrogens (tertiary/aromatic N) is 1. The van der Waals surface area contributed by atoms with Crippen molar-refractivity contribution in [1.82, 2.24) is 4.90 Å². The minimum atomic E-state index is 0.133. The topological polar surface area (TPSA) is 32.3 Å². The number of anilines is 1. The zero-order chi connectivity index (χ0) is 14.7. The van der Waals surface area contributed by atoms with Crippen molar-refractivity contribution in [1.29, 1.82) is 0 Å². The lowest BCUT2D eigenvalue weighted by Crippen LogP contribution is -2.35. The van der Waals surface area contributed by atoms with Crippen molar-refractivity contribution in [2.45, 2.75) is 26.3 Å². The number of hydrogen-bond acceptors (Lipinski definition) is 3.